The molecule has 0 atom stereocenters. The molecule has 26 heavy (non-hydrogen) atoms. The molecule has 0 amide bonds. The highest BCUT2D eigenvalue weighted by atomic mass is 16.5. The van der Waals surface area contributed by atoms with E-state index in [-0.39, 0.29) is 5.97 Å². The molecule has 0 radical (unpaired) electrons. The van der Waals surface area contributed by atoms with Gasteiger partial charge in [0.2, 0.25) is 0 Å². The standard InChI is InChI=1S/C22H25NO3/c1-16(2)18-7-10-21-19(15-18)11-13-23(21)12-4-14-26-20-8-5-17(6-9-20)22(24)25-3/h5-11,13,15-16H,4,12,14H2,1-3H3. The topological polar surface area (TPSA) is 40.5 Å². The quantitative estimate of drug-likeness (QED) is 0.443. The summed E-state index contributed by atoms with van der Waals surface area (Å²) < 4.78 is 12.7. The van der Waals surface area contributed by atoms with Gasteiger partial charge >= 0.3 is 5.97 Å². The fourth-order valence-corrected chi connectivity index (χ4v) is 3.00. The Hall–Kier alpha value is -2.75. The van der Waals surface area contributed by atoms with Crippen LogP contribution in [0.4, 0.5) is 0 Å². The van der Waals surface area contributed by atoms with Gasteiger partial charge in [-0.25, -0.2) is 4.79 Å². The zero-order valence-electron chi connectivity index (χ0n) is 15.6. The van der Waals surface area contributed by atoms with Gasteiger partial charge in [-0.3, -0.25) is 0 Å². The normalized spacial score (nSPS) is 11.1. The lowest BCUT2D eigenvalue weighted by Crippen LogP contribution is -2.04. The molecule has 0 saturated carbocycles. The molecule has 136 valence electrons. The van der Waals surface area contributed by atoms with Crippen molar-refractivity contribution in [2.24, 2.45) is 0 Å². The monoisotopic (exact) mass is 351 g/mol. The molecule has 0 N–H and O–H groups in total. The number of methoxy groups -OCH3 is 1. The first-order chi connectivity index (χ1) is 12.6. The third-order valence-corrected chi connectivity index (χ3v) is 4.55. The van der Waals surface area contributed by atoms with E-state index in [1.165, 1.54) is 23.6 Å². The number of nitrogens with zero attached hydrogens (tertiary/aromatic N) is 1. The number of benzene rings is 2. The lowest BCUT2D eigenvalue weighted by molar-refractivity contribution is 0.0600. The van der Waals surface area contributed by atoms with Crippen LogP contribution in [-0.2, 0) is 11.3 Å². The highest BCUT2D eigenvalue weighted by molar-refractivity contribution is 5.89. The van der Waals surface area contributed by atoms with Gasteiger partial charge in [-0.1, -0.05) is 19.9 Å². The Kier molecular flexibility index (Phi) is 5.61. The number of carbonyl (C=O) groups is 1. The molecule has 4 heteroatoms. The Morgan fingerprint density at radius 3 is 2.54 bits per heavy atom. The minimum Gasteiger partial charge on any atom is -0.494 e. The average molecular weight is 351 g/mol. The van der Waals surface area contributed by atoms with Gasteiger partial charge in [0.1, 0.15) is 5.75 Å². The average Bonchev–Trinajstić information content (AvgIpc) is 3.07. The van der Waals surface area contributed by atoms with Crippen LogP contribution in [0.1, 0.15) is 42.1 Å². The van der Waals surface area contributed by atoms with E-state index in [0.717, 1.165) is 18.7 Å². The lowest BCUT2D eigenvalue weighted by Gasteiger charge is -2.09. The lowest BCUT2D eigenvalue weighted by atomic mass is 10.0. The van der Waals surface area contributed by atoms with E-state index in [9.17, 15) is 4.79 Å². The Morgan fingerprint density at radius 1 is 1.08 bits per heavy atom. The molecule has 0 spiro atoms. The molecule has 2 aromatic carbocycles. The number of fused-ring (bicyclic) bond motifs is 1. The van der Waals surface area contributed by atoms with E-state index in [1.54, 1.807) is 24.3 Å². The first-order valence-corrected chi connectivity index (χ1v) is 8.98. The molecule has 3 rings (SSSR count). The summed E-state index contributed by atoms with van der Waals surface area (Å²) in [5, 5.41) is 1.29. The first kappa shape index (κ1) is 18.1. The highest BCUT2D eigenvalue weighted by Gasteiger charge is 2.06. The molecule has 0 aliphatic carbocycles. The maximum Gasteiger partial charge on any atom is 0.337 e. The van der Waals surface area contributed by atoms with Crippen LogP contribution in [0.15, 0.2) is 54.7 Å². The van der Waals surface area contributed by atoms with Crippen LogP contribution in [0.3, 0.4) is 0 Å². The largest absolute Gasteiger partial charge is 0.494 e. The Labute approximate surface area is 154 Å². The van der Waals surface area contributed by atoms with E-state index in [0.29, 0.717) is 18.1 Å². The van der Waals surface area contributed by atoms with Crippen molar-refractivity contribution in [3.8, 4) is 5.75 Å². The van der Waals surface area contributed by atoms with E-state index >= 15 is 0 Å². The van der Waals surface area contributed by atoms with Crippen molar-refractivity contribution in [3.63, 3.8) is 0 Å². The summed E-state index contributed by atoms with van der Waals surface area (Å²) in [4.78, 5) is 11.4. The number of rotatable bonds is 7. The Balaban J connectivity index is 1.53. The van der Waals surface area contributed by atoms with Gasteiger partial charge in [-0.05, 0) is 65.8 Å². The van der Waals surface area contributed by atoms with Gasteiger partial charge in [0.15, 0.2) is 0 Å². The minimum atomic E-state index is -0.336. The summed E-state index contributed by atoms with van der Waals surface area (Å²) in [6.45, 7) is 5.96. The van der Waals surface area contributed by atoms with Gasteiger partial charge in [-0.2, -0.15) is 0 Å². The van der Waals surface area contributed by atoms with Crippen LogP contribution >= 0.6 is 0 Å². The number of hydrogen-bond acceptors (Lipinski definition) is 3. The van der Waals surface area contributed by atoms with Gasteiger partial charge in [0.25, 0.3) is 0 Å². The second-order valence-electron chi connectivity index (χ2n) is 6.70. The summed E-state index contributed by atoms with van der Waals surface area (Å²) in [5.74, 6) is 0.968. The van der Waals surface area contributed by atoms with E-state index in [2.05, 4.69) is 53.6 Å². The van der Waals surface area contributed by atoms with Crippen molar-refractivity contribution in [1.82, 2.24) is 4.57 Å². The van der Waals surface area contributed by atoms with Crippen molar-refractivity contribution >= 4 is 16.9 Å². The van der Waals surface area contributed by atoms with Crippen LogP contribution < -0.4 is 4.74 Å². The molecule has 0 unspecified atom stereocenters. The number of esters is 1. The van der Waals surface area contributed by atoms with Crippen LogP contribution in [0.2, 0.25) is 0 Å². The first-order valence-electron chi connectivity index (χ1n) is 8.98. The van der Waals surface area contributed by atoms with E-state index in [1.807, 2.05) is 0 Å². The number of aryl methyl sites for hydroxylation is 1. The van der Waals surface area contributed by atoms with Crippen molar-refractivity contribution in [3.05, 3.63) is 65.9 Å². The molecule has 1 aromatic heterocycles. The maximum atomic E-state index is 11.4. The second-order valence-corrected chi connectivity index (χ2v) is 6.70. The van der Waals surface area contributed by atoms with Crippen molar-refractivity contribution in [2.45, 2.75) is 32.7 Å². The van der Waals surface area contributed by atoms with Crippen molar-refractivity contribution in [2.75, 3.05) is 13.7 Å². The predicted molar refractivity (Wildman–Crippen MR) is 104 cm³/mol. The Bertz CT molecular complexity index is 878. The molecule has 0 bridgehead atoms. The SMILES string of the molecule is COC(=O)c1ccc(OCCCn2ccc3cc(C(C)C)ccc32)cc1. The molecule has 4 nitrogen and oxygen atoms in total. The molecular formula is C22H25NO3. The zero-order chi connectivity index (χ0) is 18.5. The summed E-state index contributed by atoms with van der Waals surface area (Å²) in [7, 11) is 1.38. The van der Waals surface area contributed by atoms with Crippen LogP contribution in [0.5, 0.6) is 5.75 Å². The highest BCUT2D eigenvalue weighted by Crippen LogP contribution is 2.22. The summed E-state index contributed by atoms with van der Waals surface area (Å²) >= 11 is 0. The van der Waals surface area contributed by atoms with Crippen LogP contribution in [-0.4, -0.2) is 24.3 Å². The summed E-state index contributed by atoms with van der Waals surface area (Å²) in [6, 6.07) is 15.9. The third kappa shape index (κ3) is 4.07. The summed E-state index contributed by atoms with van der Waals surface area (Å²) in [6.07, 6.45) is 3.05. The van der Waals surface area contributed by atoms with Crippen LogP contribution in [0.25, 0.3) is 10.9 Å². The second kappa shape index (κ2) is 8.09. The van der Waals surface area contributed by atoms with Gasteiger partial charge in [-0.15, -0.1) is 0 Å². The fourth-order valence-electron chi connectivity index (χ4n) is 3.00. The Morgan fingerprint density at radius 2 is 1.85 bits per heavy atom. The van der Waals surface area contributed by atoms with Crippen molar-refractivity contribution < 1.29 is 14.3 Å². The molecule has 0 aliphatic rings. The molecule has 0 fully saturated rings. The fraction of sp³-hybridized carbons (Fsp3) is 0.318. The molecule has 1 heterocycles. The van der Waals surface area contributed by atoms with Crippen LogP contribution in [0, 0.1) is 0 Å². The number of carbonyl (C=O) groups excluding carboxylic acids is 1. The molecular weight excluding hydrogens is 326 g/mol. The molecule has 3 aromatic rings. The maximum absolute atomic E-state index is 11.4. The van der Waals surface area contributed by atoms with E-state index in [4.69, 9.17) is 4.74 Å². The van der Waals surface area contributed by atoms with Gasteiger partial charge < -0.3 is 14.0 Å². The third-order valence-electron chi connectivity index (χ3n) is 4.55. The zero-order valence-corrected chi connectivity index (χ0v) is 15.6. The van der Waals surface area contributed by atoms with E-state index < -0.39 is 0 Å². The van der Waals surface area contributed by atoms with Gasteiger partial charge in [0.05, 0.1) is 19.3 Å². The number of hydrogen-bond donors (Lipinski definition) is 0. The predicted octanol–water partition coefficient (Wildman–Crippen LogP) is 5.02. The molecule has 0 saturated heterocycles. The van der Waals surface area contributed by atoms with Crippen molar-refractivity contribution in [1.29, 1.82) is 0 Å². The number of aromatic nitrogens is 1. The van der Waals surface area contributed by atoms with Gasteiger partial charge in [0, 0.05) is 18.3 Å². The molecule has 0 aliphatic heterocycles. The smallest absolute Gasteiger partial charge is 0.337 e. The number of ether oxygens (including phenoxy) is 2. The minimum absolute atomic E-state index is 0.336. The summed E-state index contributed by atoms with van der Waals surface area (Å²) in [5.41, 5.74) is 3.16.